The van der Waals surface area contributed by atoms with Crippen molar-refractivity contribution in [1.82, 2.24) is 0 Å². The van der Waals surface area contributed by atoms with E-state index in [0.29, 0.717) is 5.46 Å². The average molecular weight is 356 g/mol. The number of hydrogen-bond donors (Lipinski definition) is 3. The first-order valence-corrected chi connectivity index (χ1v) is 8.28. The molecule has 6 nitrogen and oxygen atoms in total. The zero-order valence-corrected chi connectivity index (χ0v) is 15.1. The molecule has 1 heterocycles. The summed E-state index contributed by atoms with van der Waals surface area (Å²) >= 11 is 0. The van der Waals surface area contributed by atoms with Crippen molar-refractivity contribution in [2.75, 3.05) is 0 Å². The molecule has 1 saturated heterocycles. The largest absolute Gasteiger partial charge is 0.508 e. The average Bonchev–Trinajstić information content (AvgIpc) is 2.77. The Morgan fingerprint density at radius 1 is 0.923 bits per heavy atom. The summed E-state index contributed by atoms with van der Waals surface area (Å²) < 4.78 is 12.0. The molecule has 136 valence electrons. The Bertz CT molecular complexity index is 858. The number of carbonyl (C=O) groups is 1. The number of hydrogen-bond acceptors (Lipinski definition) is 6. The summed E-state index contributed by atoms with van der Waals surface area (Å²) in [4.78, 5) is 13.0. The van der Waals surface area contributed by atoms with Crippen molar-refractivity contribution in [3.05, 3.63) is 47.5 Å². The summed E-state index contributed by atoms with van der Waals surface area (Å²) in [6.07, 6.45) is 0. The minimum absolute atomic E-state index is 0.0353. The van der Waals surface area contributed by atoms with Gasteiger partial charge in [0.2, 0.25) is 0 Å². The first-order chi connectivity index (χ1) is 12.0. The number of phenolic OH excluding ortho intramolecular Hbond substituents is 3. The van der Waals surface area contributed by atoms with Crippen molar-refractivity contribution in [2.45, 2.75) is 38.9 Å². The summed E-state index contributed by atoms with van der Waals surface area (Å²) in [6.45, 7) is 7.55. The van der Waals surface area contributed by atoms with Gasteiger partial charge in [0, 0.05) is 0 Å². The van der Waals surface area contributed by atoms with Crippen LogP contribution in [0.5, 0.6) is 17.2 Å². The van der Waals surface area contributed by atoms with Crippen molar-refractivity contribution in [3.63, 3.8) is 0 Å². The predicted molar refractivity (Wildman–Crippen MR) is 97.0 cm³/mol. The van der Waals surface area contributed by atoms with Crippen LogP contribution in [0.2, 0.25) is 0 Å². The van der Waals surface area contributed by atoms with E-state index in [-0.39, 0.29) is 28.4 Å². The van der Waals surface area contributed by atoms with Gasteiger partial charge in [-0.1, -0.05) is 12.1 Å². The second-order valence-corrected chi connectivity index (χ2v) is 7.36. The van der Waals surface area contributed by atoms with Crippen LogP contribution in [0.25, 0.3) is 0 Å². The Labute approximate surface area is 152 Å². The van der Waals surface area contributed by atoms with Crippen LogP contribution in [0.3, 0.4) is 0 Å². The van der Waals surface area contributed by atoms with Gasteiger partial charge in [-0.05, 0) is 57.4 Å². The van der Waals surface area contributed by atoms with Crippen molar-refractivity contribution in [1.29, 1.82) is 0 Å². The van der Waals surface area contributed by atoms with Crippen LogP contribution in [0.4, 0.5) is 0 Å². The summed E-state index contributed by atoms with van der Waals surface area (Å²) in [5.41, 5.74) is -1.03. The van der Waals surface area contributed by atoms with Crippen molar-refractivity contribution < 1.29 is 29.4 Å². The second-order valence-electron chi connectivity index (χ2n) is 7.36. The lowest BCUT2D eigenvalue weighted by molar-refractivity contribution is 0.00578. The third kappa shape index (κ3) is 2.93. The molecule has 0 radical (unpaired) electrons. The number of rotatable bonds is 3. The summed E-state index contributed by atoms with van der Waals surface area (Å²) in [6, 6.07) is 8.24. The molecule has 0 atom stereocenters. The minimum Gasteiger partial charge on any atom is -0.508 e. The lowest BCUT2D eigenvalue weighted by atomic mass is 9.74. The molecule has 1 aliphatic rings. The van der Waals surface area contributed by atoms with E-state index in [4.69, 9.17) is 9.31 Å². The van der Waals surface area contributed by atoms with E-state index >= 15 is 0 Å². The molecular weight excluding hydrogens is 335 g/mol. The molecule has 3 rings (SSSR count). The molecule has 0 saturated carbocycles. The zero-order valence-electron chi connectivity index (χ0n) is 15.1. The lowest BCUT2D eigenvalue weighted by Crippen LogP contribution is -2.41. The molecule has 7 heteroatoms. The molecule has 26 heavy (non-hydrogen) atoms. The molecule has 1 aliphatic heterocycles. The van der Waals surface area contributed by atoms with Crippen LogP contribution in [0.1, 0.15) is 43.6 Å². The third-order valence-electron chi connectivity index (χ3n) is 5.03. The van der Waals surface area contributed by atoms with Gasteiger partial charge in [-0.25, -0.2) is 0 Å². The number of carbonyl (C=O) groups excluding carboxylic acids is 1. The maximum atomic E-state index is 13.0. The Hall–Kier alpha value is -2.51. The molecule has 2 aromatic rings. The minimum atomic E-state index is -0.856. The number of aromatic hydroxyl groups is 3. The van der Waals surface area contributed by atoms with E-state index in [1.54, 1.807) is 12.1 Å². The number of phenols is 3. The second kappa shape index (κ2) is 6.04. The van der Waals surface area contributed by atoms with Crippen LogP contribution in [0.15, 0.2) is 36.4 Å². The van der Waals surface area contributed by atoms with Gasteiger partial charge in [0.05, 0.1) is 22.3 Å². The van der Waals surface area contributed by atoms with Crippen LogP contribution >= 0.6 is 0 Å². The smallest absolute Gasteiger partial charge is 0.495 e. The molecule has 3 N–H and O–H groups in total. The topological polar surface area (TPSA) is 96.2 Å². The van der Waals surface area contributed by atoms with Gasteiger partial charge in [0.1, 0.15) is 17.2 Å². The monoisotopic (exact) mass is 356 g/mol. The van der Waals surface area contributed by atoms with E-state index in [9.17, 15) is 20.1 Å². The van der Waals surface area contributed by atoms with Gasteiger partial charge in [-0.3, -0.25) is 4.79 Å². The van der Waals surface area contributed by atoms with Gasteiger partial charge in [0.25, 0.3) is 0 Å². The Balaban J connectivity index is 2.10. The van der Waals surface area contributed by atoms with Crippen LogP contribution < -0.4 is 5.46 Å². The van der Waals surface area contributed by atoms with Crippen LogP contribution in [0, 0.1) is 0 Å². The van der Waals surface area contributed by atoms with Crippen molar-refractivity contribution in [2.24, 2.45) is 0 Å². The molecular formula is C19H21BO6. The van der Waals surface area contributed by atoms with Gasteiger partial charge in [-0.2, -0.15) is 0 Å². The highest BCUT2D eigenvalue weighted by atomic mass is 16.7. The summed E-state index contributed by atoms with van der Waals surface area (Å²) in [7, 11) is -0.856. The zero-order chi connectivity index (χ0) is 19.3. The highest BCUT2D eigenvalue weighted by Gasteiger charge is 2.52. The first kappa shape index (κ1) is 18.3. The first-order valence-electron chi connectivity index (χ1n) is 8.28. The fourth-order valence-corrected chi connectivity index (χ4v) is 2.81. The fourth-order valence-electron chi connectivity index (χ4n) is 2.81. The third-order valence-corrected chi connectivity index (χ3v) is 5.03. The highest BCUT2D eigenvalue weighted by molar-refractivity contribution is 6.64. The Morgan fingerprint density at radius 2 is 1.54 bits per heavy atom. The normalized spacial score (nSPS) is 18.1. The SMILES string of the molecule is CC1(C)OB(c2cccc(O)c2C(=O)c2cc(O)ccc2O)OC1(C)C. The highest BCUT2D eigenvalue weighted by Crippen LogP contribution is 2.37. The van der Waals surface area contributed by atoms with Gasteiger partial charge >= 0.3 is 7.12 Å². The maximum Gasteiger partial charge on any atom is 0.495 e. The van der Waals surface area contributed by atoms with Crippen molar-refractivity contribution >= 4 is 18.4 Å². The fraction of sp³-hybridized carbons (Fsp3) is 0.316. The maximum absolute atomic E-state index is 13.0. The van der Waals surface area contributed by atoms with Gasteiger partial charge < -0.3 is 24.6 Å². The predicted octanol–water partition coefficient (Wildman–Crippen LogP) is 2.33. The Kier molecular flexibility index (Phi) is 4.25. The van der Waals surface area contributed by atoms with Gasteiger partial charge in [0.15, 0.2) is 5.78 Å². The quantitative estimate of drug-likeness (QED) is 0.444. The molecule has 0 amide bonds. The molecule has 2 aromatic carbocycles. The van der Waals surface area contributed by atoms with Crippen molar-refractivity contribution in [3.8, 4) is 17.2 Å². The molecule has 0 bridgehead atoms. The number of benzene rings is 2. The molecule has 0 spiro atoms. The van der Waals surface area contributed by atoms with Crippen LogP contribution in [-0.4, -0.2) is 39.4 Å². The summed E-state index contributed by atoms with van der Waals surface area (Å²) in [5.74, 6) is -1.36. The Morgan fingerprint density at radius 3 is 2.15 bits per heavy atom. The molecule has 0 aromatic heterocycles. The van der Waals surface area contributed by atoms with E-state index < -0.39 is 24.1 Å². The molecule has 0 aliphatic carbocycles. The van der Waals surface area contributed by atoms with Gasteiger partial charge in [-0.15, -0.1) is 0 Å². The van der Waals surface area contributed by atoms with E-state index in [2.05, 4.69) is 0 Å². The number of ketones is 1. The van der Waals surface area contributed by atoms with E-state index in [0.717, 1.165) is 6.07 Å². The van der Waals surface area contributed by atoms with E-state index in [1.165, 1.54) is 18.2 Å². The lowest BCUT2D eigenvalue weighted by Gasteiger charge is -2.32. The van der Waals surface area contributed by atoms with E-state index in [1.807, 2.05) is 27.7 Å². The van der Waals surface area contributed by atoms with Crippen LogP contribution in [-0.2, 0) is 9.31 Å². The molecule has 0 unspecified atom stereocenters. The standard InChI is InChI=1S/C19H21BO6/c1-18(2)19(3,4)26-20(25-18)13-6-5-7-15(23)16(13)17(24)12-10-11(21)8-9-14(12)22/h5-10,21-23H,1-4H3. The summed E-state index contributed by atoms with van der Waals surface area (Å²) in [5, 5.41) is 30.0. The molecule has 1 fully saturated rings.